The van der Waals surface area contributed by atoms with E-state index in [0.717, 1.165) is 37.3 Å². The van der Waals surface area contributed by atoms with E-state index in [1.54, 1.807) is 0 Å². The van der Waals surface area contributed by atoms with Crippen molar-refractivity contribution in [1.82, 2.24) is 14.9 Å². The molecule has 0 fully saturated rings. The number of nitrogens with two attached hydrogens (primary N) is 1. The Morgan fingerprint density at radius 2 is 2.00 bits per heavy atom. The predicted molar refractivity (Wildman–Crippen MR) is 75.7 cm³/mol. The van der Waals surface area contributed by atoms with Gasteiger partial charge in [0, 0.05) is 31.6 Å². The summed E-state index contributed by atoms with van der Waals surface area (Å²) < 4.78 is 0. The number of hydrogen-bond acceptors (Lipinski definition) is 4. The summed E-state index contributed by atoms with van der Waals surface area (Å²) in [6.45, 7) is 2.67. The van der Waals surface area contributed by atoms with Crippen LogP contribution in [0.1, 0.15) is 16.8 Å². The molecule has 0 atom stereocenters. The van der Waals surface area contributed by atoms with Crippen molar-refractivity contribution in [3.8, 4) is 0 Å². The van der Waals surface area contributed by atoms with Crippen molar-refractivity contribution in [2.45, 2.75) is 19.5 Å². The highest BCUT2D eigenvalue weighted by molar-refractivity contribution is 6.28. The fourth-order valence-corrected chi connectivity index (χ4v) is 2.63. The average Bonchev–Trinajstić information content (AvgIpc) is 2.40. The van der Waals surface area contributed by atoms with Crippen LogP contribution in [0.3, 0.4) is 0 Å². The third kappa shape index (κ3) is 2.69. The van der Waals surface area contributed by atoms with Crippen LogP contribution in [0.25, 0.3) is 0 Å². The van der Waals surface area contributed by atoms with Crippen molar-refractivity contribution in [2.75, 3.05) is 12.3 Å². The van der Waals surface area contributed by atoms with Crippen LogP contribution in [0.4, 0.5) is 5.82 Å². The monoisotopic (exact) mass is 274 g/mol. The number of rotatable bonds is 2. The molecule has 0 spiro atoms. The molecule has 0 aliphatic carbocycles. The van der Waals surface area contributed by atoms with Crippen molar-refractivity contribution in [1.29, 1.82) is 0 Å². The van der Waals surface area contributed by atoms with Gasteiger partial charge in [-0.3, -0.25) is 4.90 Å². The zero-order chi connectivity index (χ0) is 13.2. The lowest BCUT2D eigenvalue weighted by Gasteiger charge is -2.28. The van der Waals surface area contributed by atoms with Crippen molar-refractivity contribution < 1.29 is 0 Å². The Bertz CT molecular complexity index is 585. The van der Waals surface area contributed by atoms with Gasteiger partial charge in [-0.25, -0.2) is 9.97 Å². The van der Waals surface area contributed by atoms with E-state index in [4.69, 9.17) is 17.3 Å². The van der Waals surface area contributed by atoms with Crippen LogP contribution in [0.5, 0.6) is 0 Å². The van der Waals surface area contributed by atoms with Gasteiger partial charge in [-0.15, -0.1) is 0 Å². The second-order valence-electron chi connectivity index (χ2n) is 4.75. The van der Waals surface area contributed by atoms with Gasteiger partial charge in [-0.1, -0.05) is 30.3 Å². The smallest absolute Gasteiger partial charge is 0.224 e. The van der Waals surface area contributed by atoms with E-state index in [9.17, 15) is 0 Å². The first-order valence-corrected chi connectivity index (χ1v) is 6.67. The summed E-state index contributed by atoms with van der Waals surface area (Å²) in [5, 5.41) is 0.243. The molecule has 4 nitrogen and oxygen atoms in total. The van der Waals surface area contributed by atoms with Crippen LogP contribution in [-0.2, 0) is 19.5 Å². The first-order chi connectivity index (χ1) is 9.22. The van der Waals surface area contributed by atoms with Gasteiger partial charge in [0.2, 0.25) is 5.28 Å². The molecule has 2 heterocycles. The minimum Gasteiger partial charge on any atom is -0.383 e. The summed E-state index contributed by atoms with van der Waals surface area (Å²) in [6.07, 6.45) is 0.870. The molecular weight excluding hydrogens is 260 g/mol. The van der Waals surface area contributed by atoms with Crippen molar-refractivity contribution in [2.24, 2.45) is 0 Å². The molecule has 2 N–H and O–H groups in total. The van der Waals surface area contributed by atoms with E-state index in [-0.39, 0.29) is 5.28 Å². The van der Waals surface area contributed by atoms with Crippen LogP contribution in [0.15, 0.2) is 30.3 Å². The number of nitrogen functional groups attached to an aromatic ring is 1. The normalized spacial score (nSPS) is 15.2. The maximum atomic E-state index is 5.94. The summed E-state index contributed by atoms with van der Waals surface area (Å²) in [5.74, 6) is 0.507. The Balaban J connectivity index is 1.79. The predicted octanol–water partition coefficient (Wildman–Crippen LogP) is 2.27. The van der Waals surface area contributed by atoms with Crippen LogP contribution < -0.4 is 5.73 Å². The Kier molecular flexibility index (Phi) is 3.36. The SMILES string of the molecule is Nc1nc(Cl)nc2c1CN(Cc1ccccc1)CC2. The lowest BCUT2D eigenvalue weighted by atomic mass is 10.1. The zero-order valence-electron chi connectivity index (χ0n) is 10.5. The van der Waals surface area contributed by atoms with Crippen LogP contribution >= 0.6 is 11.6 Å². The summed E-state index contributed by atoms with van der Waals surface area (Å²) >= 11 is 5.83. The number of hydrogen-bond donors (Lipinski definition) is 1. The van der Waals surface area contributed by atoms with Crippen LogP contribution in [0.2, 0.25) is 5.28 Å². The molecular formula is C14H15ClN4. The molecule has 0 bridgehead atoms. The number of nitrogens with zero attached hydrogens (tertiary/aromatic N) is 3. The molecule has 5 heteroatoms. The van der Waals surface area contributed by atoms with Crippen molar-refractivity contribution >= 4 is 17.4 Å². The van der Waals surface area contributed by atoms with Crippen molar-refractivity contribution in [3.05, 3.63) is 52.4 Å². The summed E-state index contributed by atoms with van der Waals surface area (Å²) in [6, 6.07) is 10.4. The van der Waals surface area contributed by atoms with Crippen LogP contribution in [-0.4, -0.2) is 21.4 Å². The van der Waals surface area contributed by atoms with E-state index < -0.39 is 0 Å². The standard InChI is InChI=1S/C14H15ClN4/c15-14-17-12-6-7-19(9-11(12)13(16)18-14)8-10-4-2-1-3-5-10/h1-5H,6-9H2,(H2,16,17,18). The number of fused-ring (bicyclic) bond motifs is 1. The Morgan fingerprint density at radius 1 is 1.21 bits per heavy atom. The van der Waals surface area contributed by atoms with Gasteiger partial charge in [-0.2, -0.15) is 0 Å². The third-order valence-corrected chi connectivity index (χ3v) is 3.56. The molecule has 1 aliphatic rings. The highest BCUT2D eigenvalue weighted by atomic mass is 35.5. The van der Waals surface area contributed by atoms with E-state index in [1.807, 2.05) is 6.07 Å². The quantitative estimate of drug-likeness (QED) is 0.854. The average molecular weight is 275 g/mol. The highest BCUT2D eigenvalue weighted by Crippen LogP contribution is 2.24. The van der Waals surface area contributed by atoms with Gasteiger partial charge >= 0.3 is 0 Å². The summed E-state index contributed by atoms with van der Waals surface area (Å²) in [5.41, 5.74) is 9.25. The molecule has 1 aromatic carbocycles. The first kappa shape index (κ1) is 12.4. The Labute approximate surface area is 117 Å². The summed E-state index contributed by atoms with van der Waals surface area (Å²) in [4.78, 5) is 10.6. The molecule has 0 saturated heterocycles. The van der Waals surface area contributed by atoms with Gasteiger partial charge in [0.1, 0.15) is 5.82 Å². The fourth-order valence-electron chi connectivity index (χ4n) is 2.44. The maximum Gasteiger partial charge on any atom is 0.224 e. The fraction of sp³-hybridized carbons (Fsp3) is 0.286. The van der Waals surface area contributed by atoms with E-state index >= 15 is 0 Å². The highest BCUT2D eigenvalue weighted by Gasteiger charge is 2.21. The molecule has 19 heavy (non-hydrogen) atoms. The molecule has 0 unspecified atom stereocenters. The zero-order valence-corrected chi connectivity index (χ0v) is 11.3. The maximum absolute atomic E-state index is 5.94. The topological polar surface area (TPSA) is 55.0 Å². The lowest BCUT2D eigenvalue weighted by Crippen LogP contribution is -2.31. The minimum absolute atomic E-state index is 0.243. The third-order valence-electron chi connectivity index (χ3n) is 3.39. The number of anilines is 1. The van der Waals surface area contributed by atoms with Gasteiger partial charge in [0.05, 0.1) is 5.69 Å². The second-order valence-corrected chi connectivity index (χ2v) is 5.09. The van der Waals surface area contributed by atoms with Crippen molar-refractivity contribution in [3.63, 3.8) is 0 Å². The van der Waals surface area contributed by atoms with Gasteiger partial charge in [0.25, 0.3) is 0 Å². The minimum atomic E-state index is 0.243. The van der Waals surface area contributed by atoms with Gasteiger partial charge in [0.15, 0.2) is 0 Å². The largest absolute Gasteiger partial charge is 0.383 e. The van der Waals surface area contributed by atoms with Crippen LogP contribution in [0, 0.1) is 0 Å². The van der Waals surface area contributed by atoms with Gasteiger partial charge in [-0.05, 0) is 17.2 Å². The molecule has 1 aliphatic heterocycles. The lowest BCUT2D eigenvalue weighted by molar-refractivity contribution is 0.243. The Morgan fingerprint density at radius 3 is 2.79 bits per heavy atom. The Hall–Kier alpha value is -1.65. The summed E-state index contributed by atoms with van der Waals surface area (Å²) in [7, 11) is 0. The van der Waals surface area contributed by atoms with E-state index in [0.29, 0.717) is 5.82 Å². The molecule has 1 aromatic heterocycles. The number of halogens is 1. The number of benzene rings is 1. The molecule has 0 radical (unpaired) electrons. The first-order valence-electron chi connectivity index (χ1n) is 6.29. The second kappa shape index (κ2) is 5.15. The molecule has 0 amide bonds. The van der Waals surface area contributed by atoms with E-state index in [1.165, 1.54) is 5.56 Å². The van der Waals surface area contributed by atoms with E-state index in [2.05, 4.69) is 39.1 Å². The molecule has 3 rings (SSSR count). The van der Waals surface area contributed by atoms with Gasteiger partial charge < -0.3 is 5.73 Å². The molecule has 2 aromatic rings. The molecule has 0 saturated carbocycles. The molecule has 98 valence electrons. The number of aromatic nitrogens is 2.